The number of imidazole rings is 1. The molecule has 0 bridgehead atoms. The lowest BCUT2D eigenvalue weighted by Gasteiger charge is -2.41. The Balaban J connectivity index is 1.30. The predicted octanol–water partition coefficient (Wildman–Crippen LogP) is 5.51. The maximum atomic E-state index is 13.9. The van der Waals surface area contributed by atoms with E-state index in [-0.39, 0.29) is 17.9 Å². The zero-order valence-electron chi connectivity index (χ0n) is 22.7. The Bertz CT molecular complexity index is 1260. The summed E-state index contributed by atoms with van der Waals surface area (Å²) in [5.74, 6) is 1.53. The zero-order chi connectivity index (χ0) is 26.5. The molecule has 7 heteroatoms. The number of aromatic amines is 1. The summed E-state index contributed by atoms with van der Waals surface area (Å²) >= 11 is 0. The van der Waals surface area contributed by atoms with Crippen molar-refractivity contribution in [2.75, 3.05) is 19.7 Å². The van der Waals surface area contributed by atoms with Crippen LogP contribution in [0.25, 0.3) is 11.0 Å². The summed E-state index contributed by atoms with van der Waals surface area (Å²) in [6.45, 7) is 6.01. The molecule has 0 aliphatic carbocycles. The number of carbonyl (C=O) groups excluding carboxylic acids is 2. The van der Waals surface area contributed by atoms with Gasteiger partial charge < -0.3 is 19.9 Å². The van der Waals surface area contributed by atoms with Crippen molar-refractivity contribution >= 4 is 22.8 Å². The third kappa shape index (κ3) is 5.87. The van der Waals surface area contributed by atoms with Crippen LogP contribution >= 0.6 is 0 Å². The van der Waals surface area contributed by atoms with Gasteiger partial charge in [-0.2, -0.15) is 0 Å². The van der Waals surface area contributed by atoms with Gasteiger partial charge in [-0.3, -0.25) is 9.59 Å². The monoisotopic (exact) mass is 516 g/mol. The Labute approximate surface area is 225 Å². The number of benzene rings is 2. The van der Waals surface area contributed by atoms with E-state index in [1.807, 2.05) is 35.2 Å². The molecule has 38 heavy (non-hydrogen) atoms. The van der Waals surface area contributed by atoms with E-state index in [4.69, 9.17) is 4.74 Å². The number of nitrogens with one attached hydrogen (secondary N) is 2. The van der Waals surface area contributed by atoms with Gasteiger partial charge in [0.25, 0.3) is 5.91 Å². The Morgan fingerprint density at radius 3 is 2.74 bits per heavy atom. The molecule has 2 aliphatic heterocycles. The summed E-state index contributed by atoms with van der Waals surface area (Å²) < 4.78 is 6.29. The van der Waals surface area contributed by atoms with Gasteiger partial charge in [-0.15, -0.1) is 0 Å². The van der Waals surface area contributed by atoms with Crippen molar-refractivity contribution in [3.05, 3.63) is 59.9 Å². The molecule has 3 aromatic rings. The molecule has 2 aliphatic rings. The number of hydrogen-bond acceptors (Lipinski definition) is 4. The second-order valence-corrected chi connectivity index (χ2v) is 11.5. The maximum absolute atomic E-state index is 13.9. The molecular formula is C31H40N4O3. The Hall–Kier alpha value is -3.35. The van der Waals surface area contributed by atoms with E-state index in [1.54, 1.807) is 6.33 Å². The number of nitrogens with zero attached hydrogens (tertiary/aromatic N) is 2. The molecule has 0 radical (unpaired) electrons. The van der Waals surface area contributed by atoms with Crippen molar-refractivity contribution in [3.63, 3.8) is 0 Å². The number of fused-ring (bicyclic) bond motifs is 2. The molecule has 1 atom stereocenters. The van der Waals surface area contributed by atoms with Crippen LogP contribution in [0, 0.1) is 11.3 Å². The summed E-state index contributed by atoms with van der Waals surface area (Å²) in [7, 11) is 0. The number of amides is 2. The van der Waals surface area contributed by atoms with E-state index >= 15 is 0 Å². The van der Waals surface area contributed by atoms with Gasteiger partial charge in [0.1, 0.15) is 12.4 Å². The first kappa shape index (κ1) is 26.3. The minimum absolute atomic E-state index is 0.0187. The molecule has 7 nitrogen and oxygen atoms in total. The topological polar surface area (TPSA) is 87.3 Å². The van der Waals surface area contributed by atoms with Crippen molar-refractivity contribution < 1.29 is 14.3 Å². The van der Waals surface area contributed by atoms with E-state index in [9.17, 15) is 9.59 Å². The van der Waals surface area contributed by atoms with Crippen LogP contribution in [0.5, 0.6) is 5.75 Å². The Morgan fingerprint density at radius 1 is 1.11 bits per heavy atom. The molecule has 0 unspecified atom stereocenters. The molecule has 5 rings (SSSR count). The lowest BCUT2D eigenvalue weighted by Crippen LogP contribution is -2.53. The van der Waals surface area contributed by atoms with Crippen LogP contribution in [0.4, 0.5) is 0 Å². The largest absolute Gasteiger partial charge is 0.491 e. The van der Waals surface area contributed by atoms with Crippen LogP contribution < -0.4 is 10.1 Å². The van der Waals surface area contributed by atoms with E-state index in [2.05, 4.69) is 41.3 Å². The maximum Gasteiger partial charge on any atom is 0.253 e. The van der Waals surface area contributed by atoms with Gasteiger partial charge in [-0.1, -0.05) is 44.9 Å². The number of ether oxygens (including phenoxy) is 1. The number of aryl methyl sites for hydroxylation is 1. The minimum Gasteiger partial charge on any atom is -0.491 e. The predicted molar refractivity (Wildman–Crippen MR) is 149 cm³/mol. The third-order valence-corrected chi connectivity index (χ3v) is 8.26. The van der Waals surface area contributed by atoms with Crippen LogP contribution in [0.2, 0.25) is 0 Å². The Morgan fingerprint density at radius 2 is 1.92 bits per heavy atom. The first-order valence-corrected chi connectivity index (χ1v) is 14.2. The highest BCUT2D eigenvalue weighted by atomic mass is 16.5. The number of H-pyrrole nitrogens is 1. The second kappa shape index (κ2) is 11.6. The molecule has 1 aromatic heterocycles. The van der Waals surface area contributed by atoms with E-state index < -0.39 is 5.41 Å². The second-order valence-electron chi connectivity index (χ2n) is 11.5. The highest BCUT2D eigenvalue weighted by Crippen LogP contribution is 2.38. The normalized spacial score (nSPS) is 20.7. The van der Waals surface area contributed by atoms with Gasteiger partial charge in [0, 0.05) is 18.7 Å². The summed E-state index contributed by atoms with van der Waals surface area (Å²) in [5, 5.41) is 3.39. The van der Waals surface area contributed by atoms with E-state index in [0.717, 1.165) is 55.3 Å². The molecule has 2 aromatic carbocycles. The van der Waals surface area contributed by atoms with E-state index in [0.29, 0.717) is 44.0 Å². The molecule has 1 spiro atoms. The van der Waals surface area contributed by atoms with Crippen molar-refractivity contribution in [1.29, 1.82) is 0 Å². The van der Waals surface area contributed by atoms with E-state index in [1.165, 1.54) is 5.56 Å². The van der Waals surface area contributed by atoms with Crippen LogP contribution in [0.1, 0.15) is 74.7 Å². The average molecular weight is 517 g/mol. The summed E-state index contributed by atoms with van der Waals surface area (Å²) in [4.78, 5) is 36.5. The van der Waals surface area contributed by atoms with Crippen molar-refractivity contribution in [3.8, 4) is 5.75 Å². The Kier molecular flexibility index (Phi) is 8.01. The zero-order valence-corrected chi connectivity index (χ0v) is 22.7. The third-order valence-electron chi connectivity index (χ3n) is 8.26. The molecule has 202 valence electrons. The SMILES string of the molecule is CC(C)C[C@H]1COc2ccccc2CCCCCC2(CCN(C(=O)c3ccc4nc[nH]c4c3)CC2)C(=O)N1. The highest BCUT2D eigenvalue weighted by molar-refractivity contribution is 5.97. The summed E-state index contributed by atoms with van der Waals surface area (Å²) in [5.41, 5.74) is 3.17. The van der Waals surface area contributed by atoms with Gasteiger partial charge in [0.15, 0.2) is 0 Å². The standard InChI is InChI=1S/C31H40N4O3/c1-22(2)18-25-20-38-28-10-6-5-9-23(28)8-4-3-7-13-31(30(37)34-25)14-16-35(17-15-31)29(36)24-11-12-26-27(19-24)33-21-32-26/h5-6,9-12,19,21-22,25H,3-4,7-8,13-18,20H2,1-2H3,(H,32,33)(H,34,37)/t25-/m0/s1. The molecule has 1 fully saturated rings. The molecular weight excluding hydrogens is 476 g/mol. The van der Waals surface area contributed by atoms with Crippen molar-refractivity contribution in [2.45, 2.75) is 71.3 Å². The highest BCUT2D eigenvalue weighted by Gasteiger charge is 2.42. The molecule has 3 heterocycles. The smallest absolute Gasteiger partial charge is 0.253 e. The molecule has 1 saturated heterocycles. The number of para-hydroxylation sites is 1. The minimum atomic E-state index is -0.444. The van der Waals surface area contributed by atoms with Crippen LogP contribution in [-0.4, -0.2) is 52.4 Å². The summed E-state index contributed by atoms with van der Waals surface area (Å²) in [6, 6.07) is 13.8. The lowest BCUT2D eigenvalue weighted by molar-refractivity contribution is -0.135. The molecule has 2 N–H and O–H groups in total. The van der Waals surface area contributed by atoms with Gasteiger partial charge >= 0.3 is 0 Å². The van der Waals surface area contributed by atoms with Crippen LogP contribution in [0.3, 0.4) is 0 Å². The number of likely N-dealkylation sites (tertiary alicyclic amines) is 1. The van der Waals surface area contributed by atoms with Gasteiger partial charge in [0.05, 0.1) is 28.8 Å². The summed E-state index contributed by atoms with van der Waals surface area (Å²) in [6.07, 6.45) is 8.89. The fourth-order valence-corrected chi connectivity index (χ4v) is 6.05. The van der Waals surface area contributed by atoms with Crippen LogP contribution in [0.15, 0.2) is 48.8 Å². The quantitative estimate of drug-likeness (QED) is 0.480. The first-order chi connectivity index (χ1) is 18.4. The van der Waals surface area contributed by atoms with Crippen molar-refractivity contribution in [1.82, 2.24) is 20.2 Å². The number of carbonyl (C=O) groups is 2. The lowest BCUT2D eigenvalue weighted by atomic mass is 9.73. The van der Waals surface area contributed by atoms with Crippen LogP contribution in [-0.2, 0) is 11.2 Å². The average Bonchev–Trinajstić information content (AvgIpc) is 3.39. The number of rotatable bonds is 3. The first-order valence-electron chi connectivity index (χ1n) is 14.2. The fourth-order valence-electron chi connectivity index (χ4n) is 6.05. The molecule has 0 saturated carbocycles. The fraction of sp³-hybridized carbons (Fsp3) is 0.516. The molecule has 2 amide bonds. The van der Waals surface area contributed by atoms with Gasteiger partial charge in [-0.05, 0) is 74.3 Å². The van der Waals surface area contributed by atoms with Crippen molar-refractivity contribution in [2.24, 2.45) is 11.3 Å². The number of piperidine rings is 1. The number of aromatic nitrogens is 2. The van der Waals surface area contributed by atoms with Gasteiger partial charge in [0.2, 0.25) is 5.91 Å². The number of hydrogen-bond donors (Lipinski definition) is 2. The van der Waals surface area contributed by atoms with Gasteiger partial charge in [-0.25, -0.2) is 4.98 Å².